The normalized spacial score (nSPS) is 22.8. The van der Waals surface area contributed by atoms with E-state index in [9.17, 15) is 18.5 Å². The van der Waals surface area contributed by atoms with Crippen LogP contribution in [-0.4, -0.2) is 42.1 Å². The topological polar surface area (TPSA) is 92.9 Å². The monoisotopic (exact) mass is 417 g/mol. The Morgan fingerprint density at radius 2 is 1.82 bits per heavy atom. The van der Waals surface area contributed by atoms with E-state index < -0.39 is 14.8 Å². The number of hydrogen-bond donors (Lipinski definition) is 0. The van der Waals surface area contributed by atoms with Gasteiger partial charge in [-0.25, -0.2) is 8.42 Å². The molecule has 146 valence electrons. The number of amidine groups is 1. The van der Waals surface area contributed by atoms with Gasteiger partial charge in [-0.2, -0.15) is 0 Å². The average molecular weight is 418 g/mol. The van der Waals surface area contributed by atoms with Gasteiger partial charge in [0.2, 0.25) is 0 Å². The lowest BCUT2D eigenvalue weighted by Crippen LogP contribution is -2.39. The maximum absolute atomic E-state index is 12.1. The van der Waals surface area contributed by atoms with Crippen LogP contribution in [0, 0.1) is 17.0 Å². The number of anilines is 1. The SMILES string of the molecule is Cc1ccc(N2C(SCc3ccc([N+](=O)[O-])cc3)=N[C@H]3CS(=O)(=O)C[C@@H]32)cc1. The minimum atomic E-state index is -3.08. The Kier molecular flexibility index (Phi) is 4.88. The zero-order valence-electron chi connectivity index (χ0n) is 15.2. The van der Waals surface area contributed by atoms with Crippen molar-refractivity contribution in [3.05, 3.63) is 69.8 Å². The number of rotatable bonds is 4. The number of sulfone groups is 1. The predicted molar refractivity (Wildman–Crippen MR) is 112 cm³/mol. The summed E-state index contributed by atoms with van der Waals surface area (Å²) >= 11 is 1.53. The molecule has 2 atom stereocenters. The first-order valence-electron chi connectivity index (χ1n) is 8.83. The molecule has 2 aromatic rings. The molecule has 0 spiro atoms. The third-order valence-electron chi connectivity index (χ3n) is 4.93. The Morgan fingerprint density at radius 3 is 2.46 bits per heavy atom. The molecular formula is C19H19N3O4S2. The molecule has 0 amide bonds. The molecule has 2 heterocycles. The molecule has 2 aliphatic rings. The van der Waals surface area contributed by atoms with Crippen molar-refractivity contribution in [1.82, 2.24) is 0 Å². The van der Waals surface area contributed by atoms with Gasteiger partial charge < -0.3 is 4.90 Å². The highest BCUT2D eigenvalue weighted by Crippen LogP contribution is 2.36. The van der Waals surface area contributed by atoms with E-state index in [0.717, 1.165) is 22.0 Å². The number of thioether (sulfide) groups is 1. The molecule has 0 unspecified atom stereocenters. The molecule has 4 rings (SSSR count). The van der Waals surface area contributed by atoms with Crippen LogP contribution in [0.1, 0.15) is 11.1 Å². The van der Waals surface area contributed by atoms with Gasteiger partial charge >= 0.3 is 0 Å². The van der Waals surface area contributed by atoms with Crippen molar-refractivity contribution in [2.75, 3.05) is 16.4 Å². The number of nitro groups is 1. The first-order chi connectivity index (χ1) is 13.3. The maximum atomic E-state index is 12.1. The number of hydrogen-bond acceptors (Lipinski definition) is 7. The van der Waals surface area contributed by atoms with Crippen LogP contribution in [-0.2, 0) is 15.6 Å². The molecule has 0 saturated carbocycles. The maximum Gasteiger partial charge on any atom is 0.269 e. The van der Waals surface area contributed by atoms with E-state index in [1.165, 1.54) is 23.9 Å². The van der Waals surface area contributed by atoms with E-state index in [4.69, 9.17) is 4.99 Å². The number of benzene rings is 2. The van der Waals surface area contributed by atoms with Crippen molar-refractivity contribution in [1.29, 1.82) is 0 Å². The average Bonchev–Trinajstić information content (AvgIpc) is 3.12. The second kappa shape index (κ2) is 7.21. The first-order valence-corrected chi connectivity index (χ1v) is 11.6. The van der Waals surface area contributed by atoms with Crippen LogP contribution in [0.2, 0.25) is 0 Å². The lowest BCUT2D eigenvalue weighted by atomic mass is 10.1. The van der Waals surface area contributed by atoms with Gasteiger partial charge in [0.15, 0.2) is 15.0 Å². The minimum absolute atomic E-state index is 0.0629. The summed E-state index contributed by atoms with van der Waals surface area (Å²) in [4.78, 5) is 17.1. The van der Waals surface area contributed by atoms with Gasteiger partial charge in [-0.05, 0) is 24.6 Å². The molecular weight excluding hydrogens is 398 g/mol. The molecule has 0 aromatic heterocycles. The smallest absolute Gasteiger partial charge is 0.269 e. The first kappa shape index (κ1) is 18.9. The number of non-ortho nitro benzene ring substituents is 1. The Labute approximate surface area is 167 Å². The highest BCUT2D eigenvalue weighted by Gasteiger charge is 2.47. The van der Waals surface area contributed by atoms with E-state index in [2.05, 4.69) is 0 Å². The molecule has 0 N–H and O–H groups in total. The van der Waals surface area contributed by atoms with Gasteiger partial charge in [0.25, 0.3) is 5.69 Å². The molecule has 0 bridgehead atoms. The van der Waals surface area contributed by atoms with Crippen molar-refractivity contribution >= 4 is 38.1 Å². The molecule has 9 heteroatoms. The van der Waals surface area contributed by atoms with Crippen LogP contribution >= 0.6 is 11.8 Å². The van der Waals surface area contributed by atoms with E-state index in [0.29, 0.717) is 5.75 Å². The number of fused-ring (bicyclic) bond motifs is 1. The summed E-state index contributed by atoms with van der Waals surface area (Å²) in [6.07, 6.45) is 0. The van der Waals surface area contributed by atoms with Crippen molar-refractivity contribution < 1.29 is 13.3 Å². The van der Waals surface area contributed by atoms with Gasteiger partial charge in [-0.3, -0.25) is 15.1 Å². The van der Waals surface area contributed by atoms with Crippen molar-refractivity contribution in [2.24, 2.45) is 4.99 Å². The Morgan fingerprint density at radius 1 is 1.14 bits per heavy atom. The molecule has 2 aromatic carbocycles. The van der Waals surface area contributed by atoms with E-state index in [1.807, 2.05) is 36.1 Å². The highest BCUT2D eigenvalue weighted by molar-refractivity contribution is 8.13. The van der Waals surface area contributed by atoms with Crippen molar-refractivity contribution in [2.45, 2.75) is 24.8 Å². The molecule has 2 aliphatic heterocycles. The summed E-state index contributed by atoms with van der Waals surface area (Å²) in [6, 6.07) is 14.0. The summed E-state index contributed by atoms with van der Waals surface area (Å²) in [5, 5.41) is 11.6. The second-order valence-corrected chi connectivity index (χ2v) is 10.1. The van der Waals surface area contributed by atoms with Gasteiger partial charge in [0, 0.05) is 23.6 Å². The predicted octanol–water partition coefficient (Wildman–Crippen LogP) is 3.18. The van der Waals surface area contributed by atoms with Crippen LogP contribution < -0.4 is 4.90 Å². The zero-order valence-corrected chi connectivity index (χ0v) is 16.8. The van der Waals surface area contributed by atoms with E-state index in [1.54, 1.807) is 12.1 Å². The number of nitrogens with zero attached hydrogens (tertiary/aromatic N) is 3. The summed E-state index contributed by atoms with van der Waals surface area (Å²) in [7, 11) is -3.08. The molecule has 1 saturated heterocycles. The zero-order chi connectivity index (χ0) is 19.9. The number of nitro benzene ring substituents is 1. The lowest BCUT2D eigenvalue weighted by molar-refractivity contribution is -0.384. The molecule has 28 heavy (non-hydrogen) atoms. The van der Waals surface area contributed by atoms with Crippen LogP contribution in [0.25, 0.3) is 0 Å². The van der Waals surface area contributed by atoms with Crippen LogP contribution in [0.5, 0.6) is 0 Å². The van der Waals surface area contributed by atoms with Gasteiger partial charge in [0.05, 0.1) is 28.5 Å². The molecule has 1 fully saturated rings. The minimum Gasteiger partial charge on any atom is -0.315 e. The quantitative estimate of drug-likeness (QED) is 0.560. The Bertz CT molecular complexity index is 1030. The Hall–Kier alpha value is -2.39. The van der Waals surface area contributed by atoms with Gasteiger partial charge in [-0.15, -0.1) is 0 Å². The number of aryl methyl sites for hydroxylation is 1. The third-order valence-corrected chi connectivity index (χ3v) is 7.67. The van der Waals surface area contributed by atoms with Crippen LogP contribution in [0.15, 0.2) is 53.5 Å². The van der Waals surface area contributed by atoms with Crippen molar-refractivity contribution in [3.8, 4) is 0 Å². The fourth-order valence-corrected chi connectivity index (χ4v) is 6.42. The van der Waals surface area contributed by atoms with Crippen LogP contribution in [0.4, 0.5) is 11.4 Å². The summed E-state index contributed by atoms with van der Waals surface area (Å²) in [5.74, 6) is 0.795. The van der Waals surface area contributed by atoms with E-state index >= 15 is 0 Å². The third kappa shape index (κ3) is 3.77. The second-order valence-electron chi connectivity index (χ2n) is 7.04. The fraction of sp³-hybridized carbons (Fsp3) is 0.316. The Balaban J connectivity index is 1.57. The number of aliphatic imine (C=N–C) groups is 1. The van der Waals surface area contributed by atoms with Crippen LogP contribution in [0.3, 0.4) is 0 Å². The molecule has 0 radical (unpaired) electrons. The van der Waals surface area contributed by atoms with E-state index in [-0.39, 0.29) is 29.3 Å². The standard InChI is InChI=1S/C19H19N3O4S2/c1-13-2-6-15(7-3-13)21-18-12-28(25,26)11-17(18)20-19(21)27-10-14-4-8-16(9-5-14)22(23)24/h2-9,17-18H,10-12H2,1H3/t17-,18-/m0/s1. The summed E-state index contributed by atoms with van der Waals surface area (Å²) in [6.45, 7) is 2.01. The fourth-order valence-electron chi connectivity index (χ4n) is 3.50. The summed E-state index contributed by atoms with van der Waals surface area (Å²) < 4.78 is 24.2. The van der Waals surface area contributed by atoms with Crippen molar-refractivity contribution in [3.63, 3.8) is 0 Å². The molecule has 7 nitrogen and oxygen atoms in total. The lowest BCUT2D eigenvalue weighted by Gasteiger charge is -2.26. The highest BCUT2D eigenvalue weighted by atomic mass is 32.2. The largest absolute Gasteiger partial charge is 0.315 e. The van der Waals surface area contributed by atoms with Gasteiger partial charge in [-0.1, -0.05) is 41.6 Å². The summed E-state index contributed by atoms with van der Waals surface area (Å²) in [5.41, 5.74) is 3.08. The molecule has 0 aliphatic carbocycles. The van der Waals surface area contributed by atoms with Gasteiger partial charge in [0.1, 0.15) is 0 Å².